The van der Waals surface area contributed by atoms with Gasteiger partial charge in [0.15, 0.2) is 0 Å². The highest BCUT2D eigenvalue weighted by Gasteiger charge is 2.49. The number of nitro groups is 1. The van der Waals surface area contributed by atoms with Crippen LogP contribution in [0.3, 0.4) is 0 Å². The Bertz CT molecular complexity index is 480. The standard InChI is InChI=1S/C11H10BrNO3/c1-7(14)11(4-5-11)9-3-2-8(13(15)16)6-10(9)12/h2-3,6H,4-5H2,1H3. The Hall–Kier alpha value is -1.23. The first-order chi connectivity index (χ1) is 7.47. The van der Waals surface area contributed by atoms with E-state index in [1.807, 2.05) is 0 Å². The molecule has 1 fully saturated rings. The van der Waals surface area contributed by atoms with Crippen LogP contribution in [0.15, 0.2) is 22.7 Å². The number of halogens is 1. The van der Waals surface area contributed by atoms with Crippen LogP contribution < -0.4 is 0 Å². The fourth-order valence-electron chi connectivity index (χ4n) is 1.94. The third-order valence-corrected chi connectivity index (χ3v) is 3.76. The second-order valence-electron chi connectivity index (χ2n) is 4.06. The average molecular weight is 284 g/mol. The Morgan fingerprint density at radius 2 is 2.12 bits per heavy atom. The van der Waals surface area contributed by atoms with E-state index in [4.69, 9.17) is 0 Å². The highest BCUT2D eigenvalue weighted by molar-refractivity contribution is 9.10. The summed E-state index contributed by atoms with van der Waals surface area (Å²) in [6, 6.07) is 4.58. The summed E-state index contributed by atoms with van der Waals surface area (Å²) in [5.41, 5.74) is 0.508. The Morgan fingerprint density at radius 3 is 2.50 bits per heavy atom. The van der Waals surface area contributed by atoms with Crippen molar-refractivity contribution < 1.29 is 9.72 Å². The molecule has 0 aromatic heterocycles. The molecule has 1 aliphatic rings. The summed E-state index contributed by atoms with van der Waals surface area (Å²) in [7, 11) is 0. The van der Waals surface area contributed by atoms with Crippen LogP contribution in [0.2, 0.25) is 0 Å². The van der Waals surface area contributed by atoms with Crippen molar-refractivity contribution >= 4 is 27.4 Å². The van der Waals surface area contributed by atoms with E-state index in [2.05, 4.69) is 15.9 Å². The number of carbonyl (C=O) groups is 1. The van der Waals surface area contributed by atoms with Gasteiger partial charge in [0.1, 0.15) is 5.78 Å². The summed E-state index contributed by atoms with van der Waals surface area (Å²) < 4.78 is 0.648. The zero-order valence-electron chi connectivity index (χ0n) is 8.70. The molecule has 0 saturated heterocycles. The van der Waals surface area contributed by atoms with E-state index in [1.54, 1.807) is 13.0 Å². The Balaban J connectivity index is 2.45. The number of hydrogen-bond donors (Lipinski definition) is 0. The fourth-order valence-corrected chi connectivity index (χ4v) is 2.69. The van der Waals surface area contributed by atoms with E-state index in [0.29, 0.717) is 4.47 Å². The van der Waals surface area contributed by atoms with Crippen molar-refractivity contribution in [3.63, 3.8) is 0 Å². The predicted molar refractivity (Wildman–Crippen MR) is 62.4 cm³/mol. The molecule has 0 radical (unpaired) electrons. The summed E-state index contributed by atoms with van der Waals surface area (Å²) in [5.74, 6) is 0.127. The first-order valence-electron chi connectivity index (χ1n) is 4.93. The van der Waals surface area contributed by atoms with Gasteiger partial charge >= 0.3 is 0 Å². The molecule has 5 heteroatoms. The van der Waals surface area contributed by atoms with Gasteiger partial charge in [0.05, 0.1) is 10.3 Å². The number of hydrogen-bond acceptors (Lipinski definition) is 3. The van der Waals surface area contributed by atoms with Gasteiger partial charge in [0.25, 0.3) is 5.69 Å². The van der Waals surface area contributed by atoms with Crippen LogP contribution in [0.25, 0.3) is 0 Å². The molecule has 1 aromatic carbocycles. The Kier molecular flexibility index (Phi) is 2.58. The van der Waals surface area contributed by atoms with E-state index in [-0.39, 0.29) is 11.5 Å². The van der Waals surface area contributed by atoms with Crippen LogP contribution in [0.1, 0.15) is 25.3 Å². The van der Waals surface area contributed by atoms with Crippen molar-refractivity contribution in [3.8, 4) is 0 Å². The number of non-ortho nitro benzene ring substituents is 1. The molecular formula is C11H10BrNO3. The van der Waals surface area contributed by atoms with Crippen molar-refractivity contribution in [2.75, 3.05) is 0 Å². The molecule has 1 aliphatic carbocycles. The maximum Gasteiger partial charge on any atom is 0.270 e. The molecule has 1 saturated carbocycles. The van der Waals surface area contributed by atoms with Crippen molar-refractivity contribution in [2.45, 2.75) is 25.2 Å². The third kappa shape index (κ3) is 1.65. The van der Waals surface area contributed by atoms with Gasteiger partial charge in [0.2, 0.25) is 0 Å². The molecule has 0 unspecified atom stereocenters. The highest BCUT2D eigenvalue weighted by atomic mass is 79.9. The molecule has 16 heavy (non-hydrogen) atoms. The summed E-state index contributed by atoms with van der Waals surface area (Å²) in [5, 5.41) is 10.6. The number of Topliss-reactive ketones (excluding diaryl/α,β-unsaturated/α-hetero) is 1. The van der Waals surface area contributed by atoms with E-state index in [0.717, 1.165) is 18.4 Å². The lowest BCUT2D eigenvalue weighted by Crippen LogP contribution is -2.17. The van der Waals surface area contributed by atoms with Crippen molar-refractivity contribution in [3.05, 3.63) is 38.3 Å². The van der Waals surface area contributed by atoms with Gasteiger partial charge < -0.3 is 0 Å². The van der Waals surface area contributed by atoms with Gasteiger partial charge in [-0.15, -0.1) is 0 Å². The van der Waals surface area contributed by atoms with Gasteiger partial charge in [-0.1, -0.05) is 22.0 Å². The van der Waals surface area contributed by atoms with Crippen LogP contribution in [-0.4, -0.2) is 10.7 Å². The monoisotopic (exact) mass is 283 g/mol. The van der Waals surface area contributed by atoms with Crippen molar-refractivity contribution in [1.82, 2.24) is 0 Å². The first-order valence-corrected chi connectivity index (χ1v) is 5.72. The quantitative estimate of drug-likeness (QED) is 0.633. The van der Waals surface area contributed by atoms with Crippen LogP contribution >= 0.6 is 15.9 Å². The number of ketones is 1. The third-order valence-electron chi connectivity index (χ3n) is 3.10. The Labute approximate surface area is 101 Å². The topological polar surface area (TPSA) is 60.2 Å². The average Bonchev–Trinajstić information content (AvgIpc) is 2.98. The lowest BCUT2D eigenvalue weighted by Gasteiger charge is -2.13. The first kappa shape index (κ1) is 11.3. The van der Waals surface area contributed by atoms with E-state index < -0.39 is 10.3 Å². The smallest absolute Gasteiger partial charge is 0.270 e. The number of carbonyl (C=O) groups excluding carboxylic acids is 1. The molecule has 0 amide bonds. The predicted octanol–water partition coefficient (Wildman–Crippen LogP) is 2.98. The molecule has 1 aromatic rings. The minimum atomic E-state index is -0.443. The molecule has 84 valence electrons. The van der Waals surface area contributed by atoms with Crippen LogP contribution in [0.5, 0.6) is 0 Å². The number of nitro benzene ring substituents is 1. The van der Waals surface area contributed by atoms with Gasteiger partial charge in [-0.25, -0.2) is 0 Å². The number of benzene rings is 1. The molecule has 0 atom stereocenters. The lowest BCUT2D eigenvalue weighted by atomic mass is 9.92. The number of nitrogens with zero attached hydrogens (tertiary/aromatic N) is 1. The maximum absolute atomic E-state index is 11.5. The molecule has 4 nitrogen and oxygen atoms in total. The van der Waals surface area contributed by atoms with E-state index in [9.17, 15) is 14.9 Å². The maximum atomic E-state index is 11.5. The fraction of sp³-hybridized carbons (Fsp3) is 0.364. The van der Waals surface area contributed by atoms with Gasteiger partial charge in [-0.3, -0.25) is 14.9 Å². The van der Waals surface area contributed by atoms with Crippen LogP contribution in [-0.2, 0) is 10.2 Å². The summed E-state index contributed by atoms with van der Waals surface area (Å²) >= 11 is 3.30. The summed E-state index contributed by atoms with van der Waals surface area (Å²) in [4.78, 5) is 21.7. The second kappa shape index (κ2) is 3.66. The molecule has 0 heterocycles. The zero-order chi connectivity index (χ0) is 11.9. The van der Waals surface area contributed by atoms with E-state index >= 15 is 0 Å². The molecule has 2 rings (SSSR count). The van der Waals surface area contributed by atoms with E-state index in [1.165, 1.54) is 12.1 Å². The molecule has 0 bridgehead atoms. The second-order valence-corrected chi connectivity index (χ2v) is 4.91. The summed E-state index contributed by atoms with van der Waals surface area (Å²) in [6.07, 6.45) is 1.66. The zero-order valence-corrected chi connectivity index (χ0v) is 10.3. The van der Waals surface area contributed by atoms with Gasteiger partial charge in [-0.05, 0) is 25.3 Å². The summed E-state index contributed by atoms with van der Waals surface area (Å²) in [6.45, 7) is 1.57. The lowest BCUT2D eigenvalue weighted by molar-refractivity contribution is -0.384. The molecular weight excluding hydrogens is 274 g/mol. The normalized spacial score (nSPS) is 16.9. The highest BCUT2D eigenvalue weighted by Crippen LogP contribution is 2.51. The van der Waals surface area contributed by atoms with Crippen molar-refractivity contribution in [2.24, 2.45) is 0 Å². The van der Waals surface area contributed by atoms with Gasteiger partial charge in [0, 0.05) is 16.6 Å². The van der Waals surface area contributed by atoms with Crippen LogP contribution in [0, 0.1) is 10.1 Å². The van der Waals surface area contributed by atoms with Crippen LogP contribution in [0.4, 0.5) is 5.69 Å². The minimum Gasteiger partial charge on any atom is -0.299 e. The molecule has 0 spiro atoms. The van der Waals surface area contributed by atoms with Crippen molar-refractivity contribution in [1.29, 1.82) is 0 Å². The Morgan fingerprint density at radius 1 is 1.50 bits per heavy atom. The molecule has 0 aliphatic heterocycles. The van der Waals surface area contributed by atoms with Gasteiger partial charge in [-0.2, -0.15) is 0 Å². The minimum absolute atomic E-state index is 0.0370. The SMILES string of the molecule is CC(=O)C1(c2ccc([N+](=O)[O-])cc2Br)CC1. The largest absolute Gasteiger partial charge is 0.299 e. The number of rotatable bonds is 3. The molecule has 0 N–H and O–H groups in total.